The fourth-order valence-electron chi connectivity index (χ4n) is 1.18. The summed E-state index contributed by atoms with van der Waals surface area (Å²) < 4.78 is 6.08. The van der Waals surface area contributed by atoms with E-state index in [0.29, 0.717) is 0 Å². The molecule has 0 aliphatic heterocycles. The van der Waals surface area contributed by atoms with Gasteiger partial charge in [0.15, 0.2) is 5.76 Å². The zero-order valence-corrected chi connectivity index (χ0v) is 10.9. The van der Waals surface area contributed by atoms with Crippen molar-refractivity contribution in [3.8, 4) is 0 Å². The molecular formula is C12H9IN2O2. The van der Waals surface area contributed by atoms with Crippen molar-refractivity contribution < 1.29 is 9.21 Å². The lowest BCUT2D eigenvalue weighted by molar-refractivity contribution is 0.0927. The fraction of sp³-hybridized carbons (Fsp3) is 0. The van der Waals surface area contributed by atoms with Crippen LogP contribution in [0.2, 0.25) is 0 Å². The molecule has 0 atom stereocenters. The maximum Gasteiger partial charge on any atom is 0.307 e. The Morgan fingerprint density at radius 3 is 2.71 bits per heavy atom. The molecule has 0 bridgehead atoms. The van der Waals surface area contributed by atoms with Gasteiger partial charge in [0.2, 0.25) is 0 Å². The van der Waals surface area contributed by atoms with Gasteiger partial charge in [-0.3, -0.25) is 4.79 Å². The van der Waals surface area contributed by atoms with Crippen LogP contribution in [0, 0.1) is 3.57 Å². The fourth-order valence-corrected chi connectivity index (χ4v) is 1.54. The van der Waals surface area contributed by atoms with Gasteiger partial charge >= 0.3 is 5.91 Å². The van der Waals surface area contributed by atoms with Crippen LogP contribution < -0.4 is 5.43 Å². The number of carbonyl (C=O) groups is 1. The Kier molecular flexibility index (Phi) is 3.92. The summed E-state index contributed by atoms with van der Waals surface area (Å²) in [6.07, 6.45) is 3.02. The summed E-state index contributed by atoms with van der Waals surface area (Å²) in [5, 5.41) is 3.84. The molecule has 0 fully saturated rings. The van der Waals surface area contributed by atoms with Gasteiger partial charge in [-0.2, -0.15) is 5.10 Å². The van der Waals surface area contributed by atoms with Crippen molar-refractivity contribution in [2.45, 2.75) is 0 Å². The van der Waals surface area contributed by atoms with Crippen LogP contribution in [0.15, 0.2) is 52.2 Å². The molecule has 1 amide bonds. The van der Waals surface area contributed by atoms with Crippen LogP contribution in [0.5, 0.6) is 0 Å². The van der Waals surface area contributed by atoms with E-state index in [2.05, 4.69) is 33.1 Å². The number of nitrogens with one attached hydrogen (secondary N) is 1. The highest BCUT2D eigenvalue weighted by Gasteiger charge is 2.05. The van der Waals surface area contributed by atoms with Crippen molar-refractivity contribution in [3.05, 3.63) is 57.6 Å². The number of benzene rings is 1. The lowest BCUT2D eigenvalue weighted by Gasteiger charge is -1.95. The zero-order valence-electron chi connectivity index (χ0n) is 8.76. The normalized spacial score (nSPS) is 10.6. The van der Waals surface area contributed by atoms with E-state index in [0.717, 1.165) is 9.13 Å². The van der Waals surface area contributed by atoms with E-state index in [-0.39, 0.29) is 11.7 Å². The Morgan fingerprint density at radius 2 is 2.06 bits per heavy atom. The van der Waals surface area contributed by atoms with E-state index >= 15 is 0 Å². The molecule has 2 aromatic rings. The predicted molar refractivity (Wildman–Crippen MR) is 72.9 cm³/mol. The number of hydrogen-bond acceptors (Lipinski definition) is 3. The van der Waals surface area contributed by atoms with Gasteiger partial charge in [-0.15, -0.1) is 0 Å². The highest BCUT2D eigenvalue weighted by molar-refractivity contribution is 14.1. The second-order valence-electron chi connectivity index (χ2n) is 3.23. The van der Waals surface area contributed by atoms with Crippen LogP contribution in [0.1, 0.15) is 16.1 Å². The van der Waals surface area contributed by atoms with E-state index in [4.69, 9.17) is 4.42 Å². The van der Waals surface area contributed by atoms with Crippen molar-refractivity contribution in [3.63, 3.8) is 0 Å². The third-order valence-corrected chi connectivity index (χ3v) is 2.71. The molecule has 1 N–H and O–H groups in total. The van der Waals surface area contributed by atoms with Crippen LogP contribution >= 0.6 is 22.6 Å². The summed E-state index contributed by atoms with van der Waals surface area (Å²) in [6.45, 7) is 0. The summed E-state index contributed by atoms with van der Waals surface area (Å²) in [4.78, 5) is 11.4. The van der Waals surface area contributed by atoms with Gasteiger partial charge < -0.3 is 4.42 Å². The monoisotopic (exact) mass is 340 g/mol. The molecule has 1 heterocycles. The van der Waals surface area contributed by atoms with Gasteiger partial charge in [-0.25, -0.2) is 5.43 Å². The van der Waals surface area contributed by atoms with Crippen molar-refractivity contribution in [2.24, 2.45) is 5.10 Å². The second kappa shape index (κ2) is 5.62. The van der Waals surface area contributed by atoms with Crippen LogP contribution in [0.4, 0.5) is 0 Å². The third-order valence-electron chi connectivity index (χ3n) is 1.99. The summed E-state index contributed by atoms with van der Waals surface area (Å²) >= 11 is 2.23. The maximum atomic E-state index is 11.4. The Bertz CT molecular complexity index is 518. The van der Waals surface area contributed by atoms with Crippen LogP contribution in [-0.4, -0.2) is 12.1 Å². The van der Waals surface area contributed by atoms with Gasteiger partial charge in [0.1, 0.15) is 0 Å². The number of rotatable bonds is 3. The minimum absolute atomic E-state index is 0.241. The molecule has 4 nitrogen and oxygen atoms in total. The lowest BCUT2D eigenvalue weighted by Crippen LogP contribution is -2.16. The number of halogens is 1. The number of hydrazone groups is 1. The summed E-state index contributed by atoms with van der Waals surface area (Å²) in [5.74, 6) is -0.124. The molecule has 0 saturated carbocycles. The maximum absolute atomic E-state index is 11.4. The molecule has 17 heavy (non-hydrogen) atoms. The first-order chi connectivity index (χ1) is 8.25. The van der Waals surface area contributed by atoms with E-state index in [1.165, 1.54) is 6.26 Å². The number of hydrogen-bond donors (Lipinski definition) is 1. The molecule has 0 radical (unpaired) electrons. The molecule has 0 aliphatic carbocycles. The standard InChI is InChI=1S/C12H9IN2O2/c13-10-5-3-9(4-6-10)8-14-15-12(16)11-2-1-7-17-11/h1-8H,(H,15,16)/b14-8-. The van der Waals surface area contributed by atoms with E-state index in [9.17, 15) is 4.79 Å². The van der Waals surface area contributed by atoms with Gasteiger partial charge in [-0.05, 0) is 52.4 Å². The van der Waals surface area contributed by atoms with Crippen molar-refractivity contribution in [1.82, 2.24) is 5.43 Å². The Labute approximate surface area is 112 Å². The minimum atomic E-state index is -0.364. The van der Waals surface area contributed by atoms with Crippen LogP contribution in [0.3, 0.4) is 0 Å². The molecule has 86 valence electrons. The average Bonchev–Trinajstić information content (AvgIpc) is 2.85. The summed E-state index contributed by atoms with van der Waals surface area (Å²) in [5.41, 5.74) is 3.30. The Morgan fingerprint density at radius 1 is 1.29 bits per heavy atom. The molecule has 5 heteroatoms. The quantitative estimate of drug-likeness (QED) is 0.531. The molecular weight excluding hydrogens is 331 g/mol. The molecule has 0 saturated heterocycles. The number of furan rings is 1. The van der Waals surface area contributed by atoms with E-state index in [1.807, 2.05) is 24.3 Å². The summed E-state index contributed by atoms with van der Waals surface area (Å²) in [7, 11) is 0. The SMILES string of the molecule is O=C(N/N=C\c1ccc(I)cc1)c1ccco1. The first kappa shape index (κ1) is 11.8. The number of amides is 1. The van der Waals surface area contributed by atoms with Crippen molar-refractivity contribution in [1.29, 1.82) is 0 Å². The van der Waals surface area contributed by atoms with Gasteiger partial charge in [0, 0.05) is 3.57 Å². The van der Waals surface area contributed by atoms with Gasteiger partial charge in [-0.1, -0.05) is 12.1 Å². The largest absolute Gasteiger partial charge is 0.459 e. The van der Waals surface area contributed by atoms with Gasteiger partial charge in [0.25, 0.3) is 0 Å². The number of nitrogens with zero attached hydrogens (tertiary/aromatic N) is 1. The van der Waals surface area contributed by atoms with Gasteiger partial charge in [0.05, 0.1) is 12.5 Å². The van der Waals surface area contributed by atoms with E-state index < -0.39 is 0 Å². The first-order valence-electron chi connectivity index (χ1n) is 4.88. The Balaban J connectivity index is 1.94. The highest BCUT2D eigenvalue weighted by atomic mass is 127. The molecule has 0 aliphatic rings. The zero-order chi connectivity index (χ0) is 12.1. The molecule has 0 spiro atoms. The molecule has 1 aromatic heterocycles. The van der Waals surface area contributed by atoms with Crippen LogP contribution in [-0.2, 0) is 0 Å². The van der Waals surface area contributed by atoms with Crippen LogP contribution in [0.25, 0.3) is 0 Å². The highest BCUT2D eigenvalue weighted by Crippen LogP contribution is 2.04. The smallest absolute Gasteiger partial charge is 0.307 e. The molecule has 2 rings (SSSR count). The first-order valence-corrected chi connectivity index (χ1v) is 5.96. The summed E-state index contributed by atoms with van der Waals surface area (Å²) in [6, 6.07) is 11.0. The third kappa shape index (κ3) is 3.42. The average molecular weight is 340 g/mol. The topological polar surface area (TPSA) is 54.6 Å². The lowest BCUT2D eigenvalue weighted by atomic mass is 10.2. The van der Waals surface area contributed by atoms with E-state index in [1.54, 1.807) is 18.3 Å². The van der Waals surface area contributed by atoms with Crippen molar-refractivity contribution in [2.75, 3.05) is 0 Å². The second-order valence-corrected chi connectivity index (χ2v) is 4.47. The predicted octanol–water partition coefficient (Wildman–Crippen LogP) is 2.65. The number of carbonyl (C=O) groups excluding carboxylic acids is 1. The molecule has 0 unspecified atom stereocenters. The Hall–Kier alpha value is -1.63. The molecule has 1 aromatic carbocycles. The minimum Gasteiger partial charge on any atom is -0.459 e. The van der Waals surface area contributed by atoms with Crippen molar-refractivity contribution >= 4 is 34.7 Å².